The third-order valence-corrected chi connectivity index (χ3v) is 2.91. The number of nitrogen functional groups attached to an aromatic ring is 1. The summed E-state index contributed by atoms with van der Waals surface area (Å²) in [6, 6.07) is 3.73. The zero-order valence-corrected chi connectivity index (χ0v) is 8.37. The van der Waals surface area contributed by atoms with Crippen molar-refractivity contribution in [2.75, 3.05) is 17.6 Å². The van der Waals surface area contributed by atoms with E-state index in [1.165, 1.54) is 25.7 Å². The second-order valence-electron chi connectivity index (χ2n) is 3.95. The molecule has 1 heterocycles. The van der Waals surface area contributed by atoms with Crippen molar-refractivity contribution in [3.05, 3.63) is 18.3 Å². The number of pyridine rings is 1. The van der Waals surface area contributed by atoms with Gasteiger partial charge in [0.1, 0.15) is 5.82 Å². The normalized spacial score (nSPS) is 16.3. The molecule has 1 fully saturated rings. The van der Waals surface area contributed by atoms with Crippen LogP contribution in [0.25, 0.3) is 0 Å². The number of nitrogens with one attached hydrogen (secondary N) is 1. The van der Waals surface area contributed by atoms with Gasteiger partial charge >= 0.3 is 0 Å². The predicted molar refractivity (Wildman–Crippen MR) is 59.1 cm³/mol. The molecule has 14 heavy (non-hydrogen) atoms. The third-order valence-electron chi connectivity index (χ3n) is 2.91. The molecule has 76 valence electrons. The Balaban J connectivity index is 1.76. The molecule has 0 bridgehead atoms. The van der Waals surface area contributed by atoms with Gasteiger partial charge in [0.25, 0.3) is 0 Å². The van der Waals surface area contributed by atoms with E-state index in [9.17, 15) is 0 Å². The van der Waals surface area contributed by atoms with Gasteiger partial charge in [-0.3, -0.25) is 0 Å². The number of anilines is 2. The standard InChI is InChI=1S/C11H17N3/c12-10-5-2-7-13-11(10)14-8-6-9-3-1-4-9/h2,5,7,9H,1,3-4,6,8,12H2,(H,13,14). The van der Waals surface area contributed by atoms with Gasteiger partial charge in [-0.15, -0.1) is 0 Å². The van der Waals surface area contributed by atoms with Crippen molar-refractivity contribution in [2.24, 2.45) is 5.92 Å². The van der Waals surface area contributed by atoms with E-state index in [0.29, 0.717) is 0 Å². The second kappa shape index (κ2) is 4.31. The van der Waals surface area contributed by atoms with Crippen LogP contribution >= 0.6 is 0 Å². The van der Waals surface area contributed by atoms with Crippen LogP contribution in [-0.2, 0) is 0 Å². The second-order valence-corrected chi connectivity index (χ2v) is 3.95. The van der Waals surface area contributed by atoms with E-state index in [1.54, 1.807) is 6.20 Å². The molecule has 1 aromatic rings. The summed E-state index contributed by atoms with van der Waals surface area (Å²) in [4.78, 5) is 4.18. The van der Waals surface area contributed by atoms with Crippen LogP contribution in [-0.4, -0.2) is 11.5 Å². The van der Waals surface area contributed by atoms with Crippen LogP contribution in [0.3, 0.4) is 0 Å². The molecule has 0 spiro atoms. The molecule has 1 aliphatic carbocycles. The Labute approximate surface area is 84.7 Å². The van der Waals surface area contributed by atoms with Gasteiger partial charge in [-0.05, 0) is 24.5 Å². The van der Waals surface area contributed by atoms with Crippen molar-refractivity contribution in [3.63, 3.8) is 0 Å². The Kier molecular flexibility index (Phi) is 2.87. The van der Waals surface area contributed by atoms with E-state index in [0.717, 1.165) is 24.0 Å². The smallest absolute Gasteiger partial charge is 0.149 e. The fourth-order valence-electron chi connectivity index (χ4n) is 1.74. The first kappa shape index (κ1) is 9.31. The summed E-state index contributed by atoms with van der Waals surface area (Å²) in [5.74, 6) is 1.76. The molecule has 0 saturated heterocycles. The molecule has 0 radical (unpaired) electrons. The van der Waals surface area contributed by atoms with Gasteiger partial charge in [0, 0.05) is 12.7 Å². The van der Waals surface area contributed by atoms with E-state index in [2.05, 4.69) is 10.3 Å². The van der Waals surface area contributed by atoms with E-state index >= 15 is 0 Å². The molecule has 1 saturated carbocycles. The summed E-state index contributed by atoms with van der Waals surface area (Å²) in [7, 11) is 0. The molecule has 0 unspecified atom stereocenters. The van der Waals surface area contributed by atoms with Crippen molar-refractivity contribution in [3.8, 4) is 0 Å². The maximum absolute atomic E-state index is 5.76. The maximum Gasteiger partial charge on any atom is 0.149 e. The first-order chi connectivity index (χ1) is 6.86. The lowest BCUT2D eigenvalue weighted by molar-refractivity contribution is 0.303. The van der Waals surface area contributed by atoms with Gasteiger partial charge in [0.15, 0.2) is 0 Å². The minimum Gasteiger partial charge on any atom is -0.396 e. The van der Waals surface area contributed by atoms with Crippen molar-refractivity contribution >= 4 is 11.5 Å². The van der Waals surface area contributed by atoms with Gasteiger partial charge in [0.2, 0.25) is 0 Å². The summed E-state index contributed by atoms with van der Waals surface area (Å²) in [5.41, 5.74) is 6.50. The van der Waals surface area contributed by atoms with Crippen LogP contribution in [0.4, 0.5) is 11.5 Å². The largest absolute Gasteiger partial charge is 0.396 e. The molecule has 3 heteroatoms. The zero-order valence-electron chi connectivity index (χ0n) is 8.37. The number of rotatable bonds is 4. The number of aromatic nitrogens is 1. The fraction of sp³-hybridized carbons (Fsp3) is 0.545. The molecule has 1 aromatic heterocycles. The average Bonchev–Trinajstić information content (AvgIpc) is 2.12. The number of nitrogens with zero attached hydrogens (tertiary/aromatic N) is 1. The highest BCUT2D eigenvalue weighted by molar-refractivity contribution is 5.60. The van der Waals surface area contributed by atoms with Crippen molar-refractivity contribution in [1.82, 2.24) is 4.98 Å². The van der Waals surface area contributed by atoms with Crippen LogP contribution in [0.15, 0.2) is 18.3 Å². The SMILES string of the molecule is Nc1cccnc1NCCC1CCC1. The van der Waals surface area contributed by atoms with Crippen molar-refractivity contribution in [2.45, 2.75) is 25.7 Å². The zero-order chi connectivity index (χ0) is 9.80. The van der Waals surface area contributed by atoms with E-state index in [1.807, 2.05) is 12.1 Å². The monoisotopic (exact) mass is 191 g/mol. The van der Waals surface area contributed by atoms with Crippen LogP contribution in [0.1, 0.15) is 25.7 Å². The number of hydrogen-bond acceptors (Lipinski definition) is 3. The summed E-state index contributed by atoms with van der Waals surface area (Å²) >= 11 is 0. The number of hydrogen-bond donors (Lipinski definition) is 2. The van der Waals surface area contributed by atoms with E-state index < -0.39 is 0 Å². The van der Waals surface area contributed by atoms with Gasteiger partial charge in [-0.1, -0.05) is 19.3 Å². The highest BCUT2D eigenvalue weighted by Crippen LogP contribution is 2.29. The summed E-state index contributed by atoms with van der Waals surface area (Å²) in [6.45, 7) is 0.992. The predicted octanol–water partition coefficient (Wildman–Crippen LogP) is 2.27. The first-order valence-electron chi connectivity index (χ1n) is 5.30. The van der Waals surface area contributed by atoms with Gasteiger partial charge in [0.05, 0.1) is 5.69 Å². The fourth-order valence-corrected chi connectivity index (χ4v) is 1.74. The Morgan fingerprint density at radius 2 is 2.36 bits per heavy atom. The van der Waals surface area contributed by atoms with Gasteiger partial charge in [-0.2, -0.15) is 0 Å². The third kappa shape index (κ3) is 2.16. The minimum atomic E-state index is 0.737. The first-order valence-corrected chi connectivity index (χ1v) is 5.30. The Morgan fingerprint density at radius 3 is 3.00 bits per heavy atom. The maximum atomic E-state index is 5.76. The van der Waals surface area contributed by atoms with Crippen LogP contribution in [0, 0.1) is 5.92 Å². The molecule has 1 aliphatic rings. The molecule has 0 aliphatic heterocycles. The lowest BCUT2D eigenvalue weighted by Gasteiger charge is -2.25. The van der Waals surface area contributed by atoms with Crippen LogP contribution in [0.5, 0.6) is 0 Å². The van der Waals surface area contributed by atoms with Crippen LogP contribution < -0.4 is 11.1 Å². The number of nitrogens with two attached hydrogens (primary N) is 1. The van der Waals surface area contributed by atoms with Crippen molar-refractivity contribution < 1.29 is 0 Å². The Hall–Kier alpha value is -1.25. The average molecular weight is 191 g/mol. The topological polar surface area (TPSA) is 50.9 Å². The summed E-state index contributed by atoms with van der Waals surface area (Å²) in [5, 5.41) is 3.28. The molecule has 2 rings (SSSR count). The Morgan fingerprint density at radius 1 is 1.50 bits per heavy atom. The lowest BCUT2D eigenvalue weighted by atomic mass is 9.83. The van der Waals surface area contributed by atoms with E-state index in [4.69, 9.17) is 5.73 Å². The van der Waals surface area contributed by atoms with Crippen molar-refractivity contribution in [1.29, 1.82) is 0 Å². The molecule has 0 aromatic carbocycles. The molecule has 3 nitrogen and oxygen atoms in total. The Bertz CT molecular complexity index is 294. The molecular formula is C11H17N3. The molecule has 0 atom stereocenters. The summed E-state index contributed by atoms with van der Waals surface area (Å²) < 4.78 is 0. The highest BCUT2D eigenvalue weighted by atomic mass is 15.0. The molecule has 0 amide bonds. The lowest BCUT2D eigenvalue weighted by Crippen LogP contribution is -2.16. The molecule has 3 N–H and O–H groups in total. The quantitative estimate of drug-likeness (QED) is 0.767. The molecular weight excluding hydrogens is 174 g/mol. The highest BCUT2D eigenvalue weighted by Gasteiger charge is 2.16. The van der Waals surface area contributed by atoms with Gasteiger partial charge < -0.3 is 11.1 Å². The summed E-state index contributed by atoms with van der Waals surface area (Å²) in [6.07, 6.45) is 7.23. The minimum absolute atomic E-state index is 0.737. The van der Waals surface area contributed by atoms with Crippen LogP contribution in [0.2, 0.25) is 0 Å². The van der Waals surface area contributed by atoms with Gasteiger partial charge in [-0.25, -0.2) is 4.98 Å². The van der Waals surface area contributed by atoms with E-state index in [-0.39, 0.29) is 0 Å².